The van der Waals surface area contributed by atoms with Gasteiger partial charge in [-0.25, -0.2) is 4.39 Å². The Morgan fingerprint density at radius 1 is 1.50 bits per heavy atom. The van der Waals surface area contributed by atoms with Crippen LogP contribution in [0, 0.1) is 12.7 Å². The molecule has 104 valence electrons. The molecule has 6 heteroatoms. The average Bonchev–Trinajstić information content (AvgIpc) is 3.16. The predicted molar refractivity (Wildman–Crippen MR) is 74.1 cm³/mol. The smallest absolute Gasteiger partial charge is 0.278 e. The molecular weight excluding hydrogens is 259 g/mol. The lowest BCUT2D eigenvalue weighted by atomic mass is 10.2. The van der Waals surface area contributed by atoms with E-state index in [4.69, 9.17) is 5.73 Å². The summed E-state index contributed by atoms with van der Waals surface area (Å²) in [5.41, 5.74) is 8.10. The Bertz CT molecular complexity index is 676. The highest BCUT2D eigenvalue weighted by molar-refractivity contribution is 6.06. The highest BCUT2D eigenvalue weighted by Crippen LogP contribution is 2.42. The summed E-state index contributed by atoms with van der Waals surface area (Å²) in [4.78, 5) is 12.1. The molecule has 3 rings (SSSR count). The number of nitrogens with one attached hydrogen (secondary N) is 2. The van der Waals surface area contributed by atoms with Gasteiger partial charge in [0.15, 0.2) is 5.69 Å². The lowest BCUT2D eigenvalue weighted by molar-refractivity contribution is 0.102. The summed E-state index contributed by atoms with van der Waals surface area (Å²) >= 11 is 0. The molecule has 0 unspecified atom stereocenters. The molecule has 0 atom stereocenters. The number of hydrogen-bond acceptors (Lipinski definition) is 3. The van der Waals surface area contributed by atoms with Gasteiger partial charge >= 0.3 is 0 Å². The first-order chi connectivity index (χ1) is 9.56. The van der Waals surface area contributed by atoms with Crippen LogP contribution < -0.4 is 11.1 Å². The molecule has 1 aromatic carbocycles. The largest absolute Gasteiger partial charge is 0.395 e. The van der Waals surface area contributed by atoms with Gasteiger partial charge in [0, 0.05) is 5.92 Å². The number of benzene rings is 1. The zero-order valence-electron chi connectivity index (χ0n) is 11.0. The molecule has 2 aromatic rings. The number of aromatic nitrogens is 2. The third-order valence-electron chi connectivity index (χ3n) is 3.41. The number of halogens is 1. The van der Waals surface area contributed by atoms with Gasteiger partial charge in [-0.3, -0.25) is 9.89 Å². The van der Waals surface area contributed by atoms with Crippen molar-refractivity contribution in [1.82, 2.24) is 10.2 Å². The highest BCUT2D eigenvalue weighted by atomic mass is 19.1. The summed E-state index contributed by atoms with van der Waals surface area (Å²) in [5, 5.41) is 9.22. The molecule has 1 amide bonds. The van der Waals surface area contributed by atoms with Crippen LogP contribution in [-0.2, 0) is 0 Å². The van der Waals surface area contributed by atoms with E-state index >= 15 is 0 Å². The molecule has 1 aromatic heterocycles. The molecule has 0 bridgehead atoms. The highest BCUT2D eigenvalue weighted by Gasteiger charge is 2.30. The summed E-state index contributed by atoms with van der Waals surface area (Å²) in [6, 6.07) is 4.61. The van der Waals surface area contributed by atoms with Gasteiger partial charge in [-0.15, -0.1) is 0 Å². The van der Waals surface area contributed by atoms with Crippen LogP contribution in [0.5, 0.6) is 0 Å². The second-order valence-electron chi connectivity index (χ2n) is 5.11. The van der Waals surface area contributed by atoms with Crippen molar-refractivity contribution in [2.75, 3.05) is 11.1 Å². The number of nitrogens with two attached hydrogens (primary N) is 1. The summed E-state index contributed by atoms with van der Waals surface area (Å²) in [6.07, 6.45) is 2.11. The predicted octanol–water partition coefficient (Wildman–Crippen LogP) is 2.57. The monoisotopic (exact) mass is 274 g/mol. The normalized spacial score (nSPS) is 14.3. The number of nitrogens with zero attached hydrogens (tertiary/aromatic N) is 1. The molecule has 1 aliphatic carbocycles. The van der Waals surface area contributed by atoms with Crippen molar-refractivity contribution in [3.63, 3.8) is 0 Å². The Morgan fingerprint density at radius 3 is 2.90 bits per heavy atom. The van der Waals surface area contributed by atoms with Crippen LogP contribution in [0.4, 0.5) is 15.8 Å². The van der Waals surface area contributed by atoms with Gasteiger partial charge in [-0.1, -0.05) is 6.07 Å². The summed E-state index contributed by atoms with van der Waals surface area (Å²) in [6.45, 7) is 1.78. The van der Waals surface area contributed by atoms with E-state index in [1.807, 2.05) is 0 Å². The molecule has 1 fully saturated rings. The molecule has 4 N–H and O–H groups in total. The van der Waals surface area contributed by atoms with E-state index in [1.165, 1.54) is 12.1 Å². The molecule has 0 radical (unpaired) electrons. The van der Waals surface area contributed by atoms with Gasteiger partial charge in [0.1, 0.15) is 5.82 Å². The first kappa shape index (κ1) is 12.7. The Kier molecular flexibility index (Phi) is 2.93. The van der Waals surface area contributed by atoms with Gasteiger partial charge < -0.3 is 11.1 Å². The first-order valence-corrected chi connectivity index (χ1v) is 6.47. The molecule has 0 saturated heterocycles. The van der Waals surface area contributed by atoms with E-state index in [9.17, 15) is 9.18 Å². The third kappa shape index (κ3) is 2.24. The maximum atomic E-state index is 13.7. The molecule has 1 aliphatic rings. The Balaban J connectivity index is 1.82. The van der Waals surface area contributed by atoms with E-state index < -0.39 is 11.7 Å². The number of aromatic amines is 1. The van der Waals surface area contributed by atoms with E-state index in [-0.39, 0.29) is 11.4 Å². The number of H-pyrrole nitrogens is 1. The number of hydrogen-bond donors (Lipinski definition) is 3. The van der Waals surface area contributed by atoms with E-state index in [2.05, 4.69) is 15.5 Å². The van der Waals surface area contributed by atoms with Crippen molar-refractivity contribution in [2.45, 2.75) is 25.7 Å². The fourth-order valence-electron chi connectivity index (χ4n) is 2.12. The van der Waals surface area contributed by atoms with Gasteiger partial charge in [0.25, 0.3) is 5.91 Å². The molecule has 1 heterocycles. The molecule has 1 saturated carbocycles. The zero-order valence-corrected chi connectivity index (χ0v) is 11.0. The van der Waals surface area contributed by atoms with E-state index in [0.29, 0.717) is 11.6 Å². The van der Waals surface area contributed by atoms with Crippen molar-refractivity contribution in [3.05, 3.63) is 41.0 Å². The first-order valence-electron chi connectivity index (χ1n) is 6.47. The summed E-state index contributed by atoms with van der Waals surface area (Å²) in [7, 11) is 0. The van der Waals surface area contributed by atoms with Gasteiger partial charge in [0.05, 0.1) is 17.1 Å². The van der Waals surface area contributed by atoms with Gasteiger partial charge in [0.2, 0.25) is 0 Å². The van der Waals surface area contributed by atoms with Crippen molar-refractivity contribution in [1.29, 1.82) is 0 Å². The minimum absolute atomic E-state index is 0.117. The molecular formula is C14H15FN4O. The average molecular weight is 274 g/mol. The summed E-state index contributed by atoms with van der Waals surface area (Å²) < 4.78 is 13.7. The fourth-order valence-corrected chi connectivity index (χ4v) is 2.12. The Hall–Kier alpha value is -2.37. The van der Waals surface area contributed by atoms with Crippen molar-refractivity contribution >= 4 is 17.3 Å². The van der Waals surface area contributed by atoms with Gasteiger partial charge in [-0.05, 0) is 37.5 Å². The lowest BCUT2D eigenvalue weighted by Gasteiger charge is -2.06. The number of carbonyl (C=O) groups excluding carboxylic acids is 1. The number of nitrogen functional groups attached to an aromatic ring is 1. The van der Waals surface area contributed by atoms with E-state index in [0.717, 1.165) is 24.1 Å². The molecule has 5 nitrogen and oxygen atoms in total. The lowest BCUT2D eigenvalue weighted by Crippen LogP contribution is -2.15. The van der Waals surface area contributed by atoms with Crippen LogP contribution in [0.2, 0.25) is 0 Å². The van der Waals surface area contributed by atoms with Gasteiger partial charge in [-0.2, -0.15) is 5.10 Å². The van der Waals surface area contributed by atoms with Crippen molar-refractivity contribution in [2.24, 2.45) is 0 Å². The molecule has 0 aliphatic heterocycles. The number of carbonyl (C=O) groups is 1. The second-order valence-corrected chi connectivity index (χ2v) is 5.11. The topological polar surface area (TPSA) is 83.8 Å². The molecule has 0 spiro atoms. The maximum absolute atomic E-state index is 13.7. The van der Waals surface area contributed by atoms with Crippen LogP contribution in [0.1, 0.15) is 40.5 Å². The molecule has 20 heavy (non-hydrogen) atoms. The minimum Gasteiger partial charge on any atom is -0.395 e. The van der Waals surface area contributed by atoms with E-state index in [1.54, 1.807) is 13.0 Å². The van der Waals surface area contributed by atoms with Crippen molar-refractivity contribution < 1.29 is 9.18 Å². The standard InChI is InChI=1S/C14H15FN4O/c1-7-2-5-10(9(15)6-7)17-14(20)13-11(16)12(18-19-13)8-3-4-8/h2,5-6,8H,3-4,16H2,1H3,(H,17,20)(H,18,19). The van der Waals surface area contributed by atoms with Crippen LogP contribution in [0.25, 0.3) is 0 Å². The van der Waals surface area contributed by atoms with Crippen LogP contribution >= 0.6 is 0 Å². The zero-order chi connectivity index (χ0) is 14.3. The van der Waals surface area contributed by atoms with Crippen LogP contribution in [0.15, 0.2) is 18.2 Å². The second kappa shape index (κ2) is 4.63. The number of anilines is 2. The Labute approximate surface area is 115 Å². The maximum Gasteiger partial charge on any atom is 0.278 e. The van der Waals surface area contributed by atoms with Crippen LogP contribution in [-0.4, -0.2) is 16.1 Å². The van der Waals surface area contributed by atoms with Crippen LogP contribution in [0.3, 0.4) is 0 Å². The third-order valence-corrected chi connectivity index (χ3v) is 3.41. The quantitative estimate of drug-likeness (QED) is 0.804. The van der Waals surface area contributed by atoms with Crippen molar-refractivity contribution in [3.8, 4) is 0 Å². The number of aryl methyl sites for hydroxylation is 1. The summed E-state index contributed by atoms with van der Waals surface area (Å²) in [5.74, 6) is -0.608. The Morgan fingerprint density at radius 2 is 2.25 bits per heavy atom. The SMILES string of the molecule is Cc1ccc(NC(=O)c2n[nH]c(C3CC3)c2N)c(F)c1. The number of amides is 1. The number of rotatable bonds is 3. The fraction of sp³-hybridized carbons (Fsp3) is 0.286. The minimum atomic E-state index is -0.506.